The second-order valence-corrected chi connectivity index (χ2v) is 12.5. The Kier molecular flexibility index (Phi) is 12.8. The van der Waals surface area contributed by atoms with Crippen molar-refractivity contribution in [3.63, 3.8) is 0 Å². The molecule has 0 N–H and O–H groups in total. The zero-order chi connectivity index (χ0) is 32.0. The highest BCUT2D eigenvalue weighted by molar-refractivity contribution is 5.81. The summed E-state index contributed by atoms with van der Waals surface area (Å²) in [6.07, 6.45) is 8.11. The predicted molar refractivity (Wildman–Crippen MR) is 185 cm³/mol. The van der Waals surface area contributed by atoms with E-state index in [1.807, 2.05) is 18.3 Å². The molecule has 1 fully saturated rings. The highest BCUT2D eigenvalue weighted by Gasteiger charge is 2.15. The summed E-state index contributed by atoms with van der Waals surface area (Å²) < 4.78 is 6.08. The van der Waals surface area contributed by atoms with Gasteiger partial charge < -0.3 is 14.5 Å². The van der Waals surface area contributed by atoms with Crippen molar-refractivity contribution in [1.29, 1.82) is 0 Å². The quantitative estimate of drug-likeness (QED) is 0.128. The van der Waals surface area contributed by atoms with Gasteiger partial charge in [-0.2, -0.15) is 0 Å². The van der Waals surface area contributed by atoms with Crippen molar-refractivity contribution in [1.82, 2.24) is 14.8 Å². The molecule has 3 aromatic carbocycles. The van der Waals surface area contributed by atoms with Gasteiger partial charge in [-0.1, -0.05) is 78.9 Å². The normalized spacial score (nSPS) is 13.9. The van der Waals surface area contributed by atoms with Crippen LogP contribution < -0.4 is 0 Å². The van der Waals surface area contributed by atoms with Crippen molar-refractivity contribution < 1.29 is 14.3 Å². The number of benzene rings is 3. The van der Waals surface area contributed by atoms with Crippen LogP contribution in [-0.2, 0) is 46.6 Å². The summed E-state index contributed by atoms with van der Waals surface area (Å²) >= 11 is 0. The lowest BCUT2D eigenvalue weighted by Gasteiger charge is -2.32. The SMILES string of the molecule is CN1CCN(CCC(=O)Cc2cccc(-c3ccccc3CCOCc3ccc(CCC(=O)CCc4cccnc4)cc3)c2)CC1. The first-order valence-corrected chi connectivity index (χ1v) is 16.7. The average Bonchev–Trinajstić information content (AvgIpc) is 3.09. The molecule has 2 heterocycles. The number of carbonyl (C=O) groups excluding carboxylic acids is 2. The number of nitrogens with zero attached hydrogens (tertiary/aromatic N) is 3. The molecule has 0 saturated carbocycles. The van der Waals surface area contributed by atoms with E-state index in [1.54, 1.807) is 6.20 Å². The Balaban J connectivity index is 1.04. The number of carbonyl (C=O) groups is 2. The van der Waals surface area contributed by atoms with Crippen LogP contribution in [0.2, 0.25) is 0 Å². The number of rotatable bonds is 17. The molecule has 6 nitrogen and oxygen atoms in total. The maximum Gasteiger partial charge on any atom is 0.138 e. The molecule has 0 amide bonds. The first kappa shape index (κ1) is 33.4. The molecule has 1 aromatic heterocycles. The van der Waals surface area contributed by atoms with Crippen molar-refractivity contribution in [3.8, 4) is 11.1 Å². The van der Waals surface area contributed by atoms with Gasteiger partial charge >= 0.3 is 0 Å². The molecule has 46 heavy (non-hydrogen) atoms. The first-order valence-electron chi connectivity index (χ1n) is 16.7. The van der Waals surface area contributed by atoms with Crippen LogP contribution in [0, 0.1) is 0 Å². The number of pyridine rings is 1. The van der Waals surface area contributed by atoms with E-state index in [9.17, 15) is 9.59 Å². The molecule has 1 saturated heterocycles. The maximum atomic E-state index is 12.8. The first-order chi connectivity index (χ1) is 22.5. The Morgan fingerprint density at radius 2 is 1.46 bits per heavy atom. The highest BCUT2D eigenvalue weighted by atomic mass is 16.5. The number of ketones is 2. The van der Waals surface area contributed by atoms with Crippen molar-refractivity contribution in [2.75, 3.05) is 46.4 Å². The second kappa shape index (κ2) is 17.7. The van der Waals surface area contributed by atoms with Gasteiger partial charge in [-0.25, -0.2) is 0 Å². The molecule has 6 heteroatoms. The highest BCUT2D eigenvalue weighted by Crippen LogP contribution is 2.25. The zero-order valence-corrected chi connectivity index (χ0v) is 27.2. The molecule has 0 unspecified atom stereocenters. The number of aromatic nitrogens is 1. The van der Waals surface area contributed by atoms with Gasteiger partial charge in [0, 0.05) is 70.8 Å². The number of ether oxygens (including phenoxy) is 1. The van der Waals surface area contributed by atoms with E-state index in [-0.39, 0.29) is 5.78 Å². The molecular weight excluding hydrogens is 570 g/mol. The Morgan fingerprint density at radius 3 is 2.24 bits per heavy atom. The fourth-order valence-corrected chi connectivity index (χ4v) is 5.95. The Hall–Kier alpha value is -3.97. The minimum Gasteiger partial charge on any atom is -0.376 e. The van der Waals surface area contributed by atoms with Crippen LogP contribution in [0.5, 0.6) is 0 Å². The van der Waals surface area contributed by atoms with E-state index in [2.05, 4.69) is 94.6 Å². The van der Waals surface area contributed by atoms with E-state index in [1.165, 1.54) is 16.7 Å². The van der Waals surface area contributed by atoms with Crippen LogP contribution >= 0.6 is 0 Å². The van der Waals surface area contributed by atoms with Crippen LogP contribution in [0.15, 0.2) is 97.3 Å². The van der Waals surface area contributed by atoms with Crippen molar-refractivity contribution in [3.05, 3.63) is 125 Å². The van der Waals surface area contributed by atoms with E-state index in [4.69, 9.17) is 4.74 Å². The number of aryl methyl sites for hydroxylation is 2. The third kappa shape index (κ3) is 10.8. The summed E-state index contributed by atoms with van der Waals surface area (Å²) in [5.41, 5.74) is 8.06. The van der Waals surface area contributed by atoms with Gasteiger partial charge in [-0.3, -0.25) is 14.6 Å². The van der Waals surface area contributed by atoms with Gasteiger partial charge in [-0.15, -0.1) is 0 Å². The number of likely N-dealkylation sites (N-methyl/N-ethyl adjacent to an activating group) is 1. The number of piperazine rings is 1. The lowest BCUT2D eigenvalue weighted by molar-refractivity contribution is -0.119. The standard InChI is InChI=1S/C40H47N3O3/c1-42-23-25-43(26-24-42)22-19-39(45)29-35-6-4-9-37(28-35)40-10-3-2-8-36(40)20-27-46-31-34-13-11-32(12-14-34)15-17-38(44)18-16-33-7-5-21-41-30-33/h2-14,21,28,30H,15-20,22-27,29,31H2,1H3. The fourth-order valence-electron chi connectivity index (χ4n) is 5.95. The summed E-state index contributed by atoms with van der Waals surface area (Å²) in [4.78, 5) is 34.0. The molecule has 0 aliphatic carbocycles. The maximum absolute atomic E-state index is 12.8. The minimum atomic E-state index is 0.286. The Bertz CT molecular complexity index is 1530. The lowest BCUT2D eigenvalue weighted by Crippen LogP contribution is -2.45. The van der Waals surface area contributed by atoms with E-state index in [0.29, 0.717) is 44.7 Å². The van der Waals surface area contributed by atoms with E-state index >= 15 is 0 Å². The molecule has 4 aromatic rings. The van der Waals surface area contributed by atoms with Crippen molar-refractivity contribution >= 4 is 11.6 Å². The molecule has 5 rings (SSSR count). The summed E-state index contributed by atoms with van der Waals surface area (Å²) in [5, 5.41) is 0. The molecule has 0 atom stereocenters. The Labute approximate surface area is 274 Å². The molecular formula is C40H47N3O3. The van der Waals surface area contributed by atoms with Gasteiger partial charge in [0.05, 0.1) is 13.2 Å². The van der Waals surface area contributed by atoms with Gasteiger partial charge in [-0.05, 0) is 71.3 Å². The molecule has 1 aliphatic heterocycles. The van der Waals surface area contributed by atoms with Gasteiger partial charge in [0.2, 0.25) is 0 Å². The van der Waals surface area contributed by atoms with Crippen molar-refractivity contribution in [2.45, 2.75) is 51.6 Å². The summed E-state index contributed by atoms with van der Waals surface area (Å²) in [6, 6.07) is 29.2. The number of Topliss-reactive ketones (excluding diaryl/α,β-unsaturated/α-hetero) is 2. The Morgan fingerprint density at radius 1 is 0.717 bits per heavy atom. The lowest BCUT2D eigenvalue weighted by atomic mass is 9.95. The average molecular weight is 618 g/mol. The number of hydrogen-bond acceptors (Lipinski definition) is 6. The largest absolute Gasteiger partial charge is 0.376 e. The van der Waals surface area contributed by atoms with Crippen LogP contribution in [0.1, 0.15) is 47.1 Å². The zero-order valence-electron chi connectivity index (χ0n) is 27.2. The van der Waals surface area contributed by atoms with E-state index in [0.717, 1.165) is 74.2 Å². The van der Waals surface area contributed by atoms with Gasteiger partial charge in [0.25, 0.3) is 0 Å². The fraction of sp³-hybridized carbons (Fsp3) is 0.375. The van der Waals surface area contributed by atoms with Crippen LogP contribution in [-0.4, -0.2) is 72.7 Å². The molecule has 0 spiro atoms. The summed E-state index contributed by atoms with van der Waals surface area (Å²) in [6.45, 7) is 6.27. The molecule has 1 aliphatic rings. The smallest absolute Gasteiger partial charge is 0.138 e. The third-order valence-electron chi connectivity index (χ3n) is 8.87. The number of hydrogen-bond donors (Lipinski definition) is 0. The third-order valence-corrected chi connectivity index (χ3v) is 8.87. The second-order valence-electron chi connectivity index (χ2n) is 12.5. The molecule has 0 radical (unpaired) electrons. The van der Waals surface area contributed by atoms with Gasteiger partial charge in [0.15, 0.2) is 0 Å². The van der Waals surface area contributed by atoms with Gasteiger partial charge in [0.1, 0.15) is 11.6 Å². The minimum absolute atomic E-state index is 0.286. The summed E-state index contributed by atoms with van der Waals surface area (Å²) in [7, 11) is 2.15. The summed E-state index contributed by atoms with van der Waals surface area (Å²) in [5.74, 6) is 0.588. The van der Waals surface area contributed by atoms with E-state index < -0.39 is 0 Å². The molecule has 0 bridgehead atoms. The van der Waals surface area contributed by atoms with Crippen LogP contribution in [0.3, 0.4) is 0 Å². The van der Waals surface area contributed by atoms with Crippen LogP contribution in [0.4, 0.5) is 0 Å². The van der Waals surface area contributed by atoms with Crippen LogP contribution in [0.25, 0.3) is 11.1 Å². The molecule has 240 valence electrons. The topological polar surface area (TPSA) is 62.7 Å². The predicted octanol–water partition coefficient (Wildman–Crippen LogP) is 6.39. The van der Waals surface area contributed by atoms with Crippen molar-refractivity contribution in [2.24, 2.45) is 0 Å². The monoisotopic (exact) mass is 617 g/mol.